The van der Waals surface area contributed by atoms with Crippen molar-refractivity contribution >= 4 is 28.5 Å². The SMILES string of the molecule is COc1ccc([C@H]2CC(c3ccc4ccccc4c3O)=NN2C(=O)/C=C/c2ccccc2)cc1. The average Bonchev–Trinajstić information content (AvgIpc) is 3.33. The molecule has 0 radical (unpaired) electrons. The van der Waals surface area contributed by atoms with Crippen LogP contribution in [0.3, 0.4) is 0 Å². The minimum absolute atomic E-state index is 0.180. The van der Waals surface area contributed by atoms with E-state index in [0.717, 1.165) is 27.6 Å². The van der Waals surface area contributed by atoms with E-state index in [1.807, 2.05) is 91.0 Å². The quantitative estimate of drug-likeness (QED) is 0.384. The summed E-state index contributed by atoms with van der Waals surface area (Å²) in [6.45, 7) is 0. The van der Waals surface area contributed by atoms with E-state index >= 15 is 0 Å². The summed E-state index contributed by atoms with van der Waals surface area (Å²) < 4.78 is 5.29. The molecule has 0 aromatic heterocycles. The van der Waals surface area contributed by atoms with Crippen LogP contribution >= 0.6 is 0 Å². The van der Waals surface area contributed by atoms with Gasteiger partial charge in [0.15, 0.2) is 0 Å². The zero-order chi connectivity index (χ0) is 23.5. The second kappa shape index (κ2) is 9.24. The van der Waals surface area contributed by atoms with Gasteiger partial charge < -0.3 is 9.84 Å². The molecule has 0 fully saturated rings. The number of ether oxygens (including phenoxy) is 1. The largest absolute Gasteiger partial charge is 0.507 e. The number of nitrogens with zero attached hydrogens (tertiary/aromatic N) is 2. The molecule has 0 unspecified atom stereocenters. The van der Waals surface area contributed by atoms with Gasteiger partial charge in [0, 0.05) is 23.4 Å². The fourth-order valence-electron chi connectivity index (χ4n) is 4.26. The maximum absolute atomic E-state index is 13.2. The molecule has 1 heterocycles. The van der Waals surface area contributed by atoms with Crippen LogP contribution in [0, 0.1) is 0 Å². The van der Waals surface area contributed by atoms with Crippen molar-refractivity contribution in [3.05, 3.63) is 114 Å². The number of phenols is 1. The van der Waals surface area contributed by atoms with E-state index in [9.17, 15) is 9.90 Å². The second-order valence-electron chi connectivity index (χ2n) is 8.15. The van der Waals surface area contributed by atoms with Crippen LogP contribution in [0.5, 0.6) is 11.5 Å². The first kappa shape index (κ1) is 21.5. The first-order valence-corrected chi connectivity index (χ1v) is 11.1. The van der Waals surface area contributed by atoms with Crippen LogP contribution in [-0.4, -0.2) is 28.8 Å². The minimum atomic E-state index is -0.292. The Bertz CT molecular complexity index is 1390. The topological polar surface area (TPSA) is 62.1 Å². The lowest BCUT2D eigenvalue weighted by Gasteiger charge is -2.21. The molecule has 0 aliphatic carbocycles. The summed E-state index contributed by atoms with van der Waals surface area (Å²) in [4.78, 5) is 13.2. The maximum atomic E-state index is 13.2. The molecule has 1 aliphatic heterocycles. The molecule has 5 rings (SSSR count). The first-order chi connectivity index (χ1) is 16.6. The molecular weight excluding hydrogens is 424 g/mol. The molecule has 1 N–H and O–H groups in total. The Kier molecular flexibility index (Phi) is 5.83. The molecule has 4 aromatic carbocycles. The highest BCUT2D eigenvalue weighted by Gasteiger charge is 2.33. The number of hydrogen-bond acceptors (Lipinski definition) is 4. The third-order valence-corrected chi connectivity index (χ3v) is 6.07. The van der Waals surface area contributed by atoms with Gasteiger partial charge in [-0.2, -0.15) is 5.10 Å². The third-order valence-electron chi connectivity index (χ3n) is 6.07. The summed E-state index contributed by atoms with van der Waals surface area (Å²) in [6, 6.07) is 28.6. The van der Waals surface area contributed by atoms with Gasteiger partial charge in [-0.25, -0.2) is 5.01 Å². The summed E-state index contributed by atoms with van der Waals surface area (Å²) in [6.07, 6.45) is 3.82. The highest BCUT2D eigenvalue weighted by Crippen LogP contribution is 2.37. The molecular formula is C29H24N2O3. The number of carbonyl (C=O) groups is 1. The average molecular weight is 449 g/mol. The molecule has 0 saturated heterocycles. The van der Waals surface area contributed by atoms with E-state index in [-0.39, 0.29) is 17.7 Å². The summed E-state index contributed by atoms with van der Waals surface area (Å²) in [5.41, 5.74) is 3.19. The standard InChI is InChI=1S/C29H24N2O3/c1-34-23-15-12-22(13-16-23)27-19-26(25-17-14-21-9-5-6-10-24(21)29(25)33)30-31(27)28(32)18-11-20-7-3-2-4-8-20/h2-18,27,33H,19H2,1H3/b18-11+/t27-/m1/s1. The van der Waals surface area contributed by atoms with Gasteiger partial charge >= 0.3 is 0 Å². The number of fused-ring (bicyclic) bond motifs is 1. The maximum Gasteiger partial charge on any atom is 0.267 e. The number of aromatic hydroxyl groups is 1. The molecule has 5 nitrogen and oxygen atoms in total. The van der Waals surface area contributed by atoms with Crippen molar-refractivity contribution in [3.8, 4) is 11.5 Å². The Balaban J connectivity index is 1.52. The van der Waals surface area contributed by atoms with Crippen LogP contribution in [0.1, 0.15) is 29.2 Å². The van der Waals surface area contributed by atoms with Gasteiger partial charge in [0.25, 0.3) is 5.91 Å². The number of hydrogen-bond donors (Lipinski definition) is 1. The Labute approximate surface area is 198 Å². The van der Waals surface area contributed by atoms with Gasteiger partial charge in [0.2, 0.25) is 0 Å². The van der Waals surface area contributed by atoms with E-state index in [1.165, 1.54) is 5.01 Å². The Morgan fingerprint density at radius 1 is 0.971 bits per heavy atom. The van der Waals surface area contributed by atoms with E-state index < -0.39 is 0 Å². The molecule has 168 valence electrons. The van der Waals surface area contributed by atoms with Crippen LogP contribution in [0.2, 0.25) is 0 Å². The summed E-state index contributed by atoms with van der Waals surface area (Å²) in [5, 5.41) is 18.9. The minimum Gasteiger partial charge on any atom is -0.507 e. The fourth-order valence-corrected chi connectivity index (χ4v) is 4.26. The van der Waals surface area contributed by atoms with E-state index in [0.29, 0.717) is 17.7 Å². The van der Waals surface area contributed by atoms with E-state index in [2.05, 4.69) is 0 Å². The van der Waals surface area contributed by atoms with Crippen LogP contribution in [0.4, 0.5) is 0 Å². The third kappa shape index (κ3) is 4.16. The summed E-state index contributed by atoms with van der Waals surface area (Å²) >= 11 is 0. The van der Waals surface area contributed by atoms with Gasteiger partial charge in [-0.15, -0.1) is 0 Å². The zero-order valence-electron chi connectivity index (χ0n) is 18.8. The second-order valence-corrected chi connectivity index (χ2v) is 8.15. The molecule has 1 amide bonds. The van der Waals surface area contributed by atoms with E-state index in [1.54, 1.807) is 19.3 Å². The van der Waals surface area contributed by atoms with Gasteiger partial charge in [-0.05, 0) is 40.8 Å². The molecule has 34 heavy (non-hydrogen) atoms. The van der Waals surface area contributed by atoms with Crippen molar-refractivity contribution in [2.24, 2.45) is 5.10 Å². The number of phenolic OH excluding ortho intramolecular Hbond substituents is 1. The lowest BCUT2D eigenvalue weighted by molar-refractivity contribution is -0.127. The van der Waals surface area contributed by atoms with E-state index in [4.69, 9.17) is 9.84 Å². The molecule has 0 spiro atoms. The van der Waals surface area contributed by atoms with Crippen molar-refractivity contribution in [1.82, 2.24) is 5.01 Å². The van der Waals surface area contributed by atoms with Crippen molar-refractivity contribution < 1.29 is 14.6 Å². The van der Waals surface area contributed by atoms with Gasteiger partial charge in [-0.3, -0.25) is 4.79 Å². The zero-order valence-corrected chi connectivity index (χ0v) is 18.8. The van der Waals surface area contributed by atoms with Gasteiger partial charge in [0.1, 0.15) is 11.5 Å². The lowest BCUT2D eigenvalue weighted by atomic mass is 9.96. The highest BCUT2D eigenvalue weighted by molar-refractivity contribution is 6.09. The molecule has 4 aromatic rings. The van der Waals surface area contributed by atoms with Crippen LogP contribution in [0.25, 0.3) is 16.8 Å². The highest BCUT2D eigenvalue weighted by atomic mass is 16.5. The predicted octanol–water partition coefficient (Wildman–Crippen LogP) is 5.95. The Morgan fingerprint density at radius 3 is 2.47 bits per heavy atom. The first-order valence-electron chi connectivity index (χ1n) is 11.1. The fraction of sp³-hybridized carbons (Fsp3) is 0.103. The van der Waals surface area contributed by atoms with Crippen LogP contribution < -0.4 is 4.74 Å². The monoisotopic (exact) mass is 448 g/mol. The smallest absolute Gasteiger partial charge is 0.267 e. The molecule has 0 bridgehead atoms. The number of rotatable bonds is 5. The van der Waals surface area contributed by atoms with Gasteiger partial charge in [0.05, 0.1) is 18.9 Å². The number of hydrazone groups is 1. The number of benzene rings is 4. The summed E-state index contributed by atoms with van der Waals surface area (Å²) in [5.74, 6) is 0.705. The molecule has 5 heteroatoms. The number of carbonyl (C=O) groups excluding carboxylic acids is 1. The van der Waals surface area contributed by atoms with Crippen molar-refractivity contribution in [3.63, 3.8) is 0 Å². The molecule has 1 atom stereocenters. The number of amides is 1. The Morgan fingerprint density at radius 2 is 1.71 bits per heavy atom. The predicted molar refractivity (Wildman–Crippen MR) is 135 cm³/mol. The molecule has 0 saturated carbocycles. The number of methoxy groups -OCH3 is 1. The van der Waals surface area contributed by atoms with Crippen molar-refractivity contribution in [1.29, 1.82) is 0 Å². The molecule has 1 aliphatic rings. The lowest BCUT2D eigenvalue weighted by Crippen LogP contribution is -2.25. The Hall–Kier alpha value is -4.38. The van der Waals surface area contributed by atoms with Crippen LogP contribution in [-0.2, 0) is 4.79 Å². The summed E-state index contributed by atoms with van der Waals surface area (Å²) in [7, 11) is 1.62. The van der Waals surface area contributed by atoms with Crippen molar-refractivity contribution in [2.45, 2.75) is 12.5 Å². The van der Waals surface area contributed by atoms with Gasteiger partial charge in [-0.1, -0.05) is 72.8 Å². The normalized spacial score (nSPS) is 15.6. The van der Waals surface area contributed by atoms with Crippen LogP contribution in [0.15, 0.2) is 102 Å². The van der Waals surface area contributed by atoms with Crippen molar-refractivity contribution in [2.75, 3.05) is 7.11 Å².